The molecule has 7 heteroatoms. The van der Waals surface area contributed by atoms with Gasteiger partial charge in [0.05, 0.1) is 24.9 Å². The molecule has 0 aromatic rings. The summed E-state index contributed by atoms with van der Waals surface area (Å²) in [6.07, 6.45) is 0. The van der Waals surface area contributed by atoms with Crippen LogP contribution in [0.1, 0.15) is 13.8 Å². The molecule has 1 unspecified atom stereocenters. The third-order valence-electron chi connectivity index (χ3n) is 2.88. The van der Waals surface area contributed by atoms with E-state index in [0.29, 0.717) is 26.3 Å². The highest BCUT2D eigenvalue weighted by molar-refractivity contribution is 7.89. The van der Waals surface area contributed by atoms with E-state index in [1.165, 1.54) is 4.31 Å². The van der Waals surface area contributed by atoms with Crippen LogP contribution in [-0.4, -0.2) is 55.9 Å². The number of hydrogen-bond donors (Lipinski definition) is 1. The average molecular weight is 265 g/mol. The molecule has 100 valence electrons. The van der Waals surface area contributed by atoms with Crippen molar-refractivity contribution in [2.24, 2.45) is 11.8 Å². The van der Waals surface area contributed by atoms with Crippen LogP contribution in [0, 0.1) is 11.8 Å². The molecule has 1 fully saturated rings. The number of nitrogens with zero attached hydrogens (tertiary/aromatic N) is 1. The van der Waals surface area contributed by atoms with Gasteiger partial charge in [-0.1, -0.05) is 13.8 Å². The van der Waals surface area contributed by atoms with Crippen LogP contribution in [0.25, 0.3) is 0 Å². The third-order valence-corrected chi connectivity index (χ3v) is 4.81. The fraction of sp³-hybridized carbons (Fsp3) is 0.900. The molecule has 0 amide bonds. The van der Waals surface area contributed by atoms with Crippen molar-refractivity contribution in [3.05, 3.63) is 0 Å². The fourth-order valence-corrected chi connectivity index (χ4v) is 3.60. The van der Waals surface area contributed by atoms with Gasteiger partial charge in [-0.25, -0.2) is 8.42 Å². The van der Waals surface area contributed by atoms with Gasteiger partial charge in [0.2, 0.25) is 10.0 Å². The van der Waals surface area contributed by atoms with Gasteiger partial charge in [0.1, 0.15) is 0 Å². The molecule has 1 saturated heterocycles. The third kappa shape index (κ3) is 3.93. The maximum Gasteiger partial charge on any atom is 0.307 e. The zero-order valence-corrected chi connectivity index (χ0v) is 10.9. The number of aliphatic carboxylic acids is 1. The van der Waals surface area contributed by atoms with Crippen LogP contribution >= 0.6 is 0 Å². The maximum atomic E-state index is 12.0. The van der Waals surface area contributed by atoms with E-state index in [-0.39, 0.29) is 11.7 Å². The summed E-state index contributed by atoms with van der Waals surface area (Å²) < 4.78 is 30.4. The molecule has 0 saturated carbocycles. The summed E-state index contributed by atoms with van der Waals surface area (Å²) >= 11 is 0. The SMILES string of the molecule is CC(C)C(CS(=O)(=O)N1CCOCC1)C(=O)O. The Morgan fingerprint density at radius 2 is 1.88 bits per heavy atom. The molecule has 0 radical (unpaired) electrons. The molecular formula is C10H19NO5S. The summed E-state index contributed by atoms with van der Waals surface area (Å²) in [5, 5.41) is 9.00. The number of carboxylic acids is 1. The normalized spacial score (nSPS) is 20.4. The molecule has 17 heavy (non-hydrogen) atoms. The van der Waals surface area contributed by atoms with Crippen molar-refractivity contribution < 1.29 is 23.1 Å². The molecule has 0 aliphatic carbocycles. The van der Waals surface area contributed by atoms with Gasteiger partial charge in [0.25, 0.3) is 0 Å². The Hall–Kier alpha value is -0.660. The zero-order valence-electron chi connectivity index (χ0n) is 10.1. The second kappa shape index (κ2) is 5.79. The van der Waals surface area contributed by atoms with Crippen molar-refractivity contribution in [2.45, 2.75) is 13.8 Å². The lowest BCUT2D eigenvalue weighted by molar-refractivity contribution is -0.142. The molecule has 0 aromatic heterocycles. The standard InChI is InChI=1S/C10H19NO5S/c1-8(2)9(10(12)13)7-17(14,15)11-3-5-16-6-4-11/h8-9H,3-7H2,1-2H3,(H,12,13). The summed E-state index contributed by atoms with van der Waals surface area (Å²) in [4.78, 5) is 11.0. The average Bonchev–Trinajstić information content (AvgIpc) is 2.26. The van der Waals surface area contributed by atoms with Crippen LogP contribution in [0.5, 0.6) is 0 Å². The molecule has 1 aliphatic heterocycles. The van der Waals surface area contributed by atoms with Crippen molar-refractivity contribution in [3.63, 3.8) is 0 Å². The van der Waals surface area contributed by atoms with Crippen molar-refractivity contribution in [3.8, 4) is 0 Å². The van der Waals surface area contributed by atoms with Crippen LogP contribution in [0.15, 0.2) is 0 Å². The van der Waals surface area contributed by atoms with Gasteiger partial charge in [0.15, 0.2) is 0 Å². The summed E-state index contributed by atoms with van der Waals surface area (Å²) in [6.45, 7) is 4.80. The highest BCUT2D eigenvalue weighted by Crippen LogP contribution is 2.17. The molecule has 0 spiro atoms. The zero-order chi connectivity index (χ0) is 13.1. The monoisotopic (exact) mass is 265 g/mol. The highest BCUT2D eigenvalue weighted by atomic mass is 32.2. The topological polar surface area (TPSA) is 83.9 Å². The fourth-order valence-electron chi connectivity index (χ4n) is 1.71. The van der Waals surface area contributed by atoms with E-state index in [4.69, 9.17) is 9.84 Å². The van der Waals surface area contributed by atoms with E-state index in [0.717, 1.165) is 0 Å². The lowest BCUT2D eigenvalue weighted by Crippen LogP contribution is -2.44. The van der Waals surface area contributed by atoms with Crippen LogP contribution in [0.4, 0.5) is 0 Å². The van der Waals surface area contributed by atoms with Crippen molar-refractivity contribution in [2.75, 3.05) is 32.1 Å². The summed E-state index contributed by atoms with van der Waals surface area (Å²) in [5.41, 5.74) is 0. The quantitative estimate of drug-likeness (QED) is 0.756. The minimum absolute atomic E-state index is 0.205. The molecular weight excluding hydrogens is 246 g/mol. The van der Waals surface area contributed by atoms with Crippen molar-refractivity contribution in [1.29, 1.82) is 0 Å². The maximum absolute atomic E-state index is 12.0. The first-order valence-electron chi connectivity index (χ1n) is 5.63. The molecule has 1 heterocycles. The first kappa shape index (κ1) is 14.4. The predicted molar refractivity (Wildman–Crippen MR) is 62.1 cm³/mol. The van der Waals surface area contributed by atoms with E-state index < -0.39 is 21.9 Å². The second-order valence-corrected chi connectivity index (χ2v) is 6.49. The smallest absolute Gasteiger partial charge is 0.307 e. The highest BCUT2D eigenvalue weighted by Gasteiger charge is 2.32. The van der Waals surface area contributed by atoms with Crippen LogP contribution in [0.2, 0.25) is 0 Å². The molecule has 1 atom stereocenters. The van der Waals surface area contributed by atoms with Crippen LogP contribution in [0.3, 0.4) is 0 Å². The summed E-state index contributed by atoms with van der Waals surface area (Å²) in [6, 6.07) is 0. The number of morpholine rings is 1. The van der Waals surface area contributed by atoms with E-state index in [2.05, 4.69) is 0 Å². The lowest BCUT2D eigenvalue weighted by atomic mass is 9.98. The van der Waals surface area contributed by atoms with Gasteiger partial charge >= 0.3 is 5.97 Å². The first-order chi connectivity index (χ1) is 7.84. The summed E-state index contributed by atoms with van der Waals surface area (Å²) in [7, 11) is -3.50. The number of carbonyl (C=O) groups is 1. The Labute approximate surface area is 102 Å². The molecule has 1 N–H and O–H groups in total. The molecule has 1 aliphatic rings. The lowest BCUT2D eigenvalue weighted by Gasteiger charge is -2.28. The van der Waals surface area contributed by atoms with Crippen LogP contribution in [-0.2, 0) is 19.6 Å². The molecule has 0 bridgehead atoms. The minimum atomic E-state index is -3.50. The van der Waals surface area contributed by atoms with Gasteiger partial charge in [-0.15, -0.1) is 0 Å². The van der Waals surface area contributed by atoms with Gasteiger partial charge in [-0.3, -0.25) is 4.79 Å². The molecule has 6 nitrogen and oxygen atoms in total. The second-order valence-electron chi connectivity index (χ2n) is 4.48. The number of ether oxygens (including phenoxy) is 1. The Morgan fingerprint density at radius 3 is 2.29 bits per heavy atom. The number of carboxylic acid groups (broad SMARTS) is 1. The number of sulfonamides is 1. The Morgan fingerprint density at radius 1 is 1.35 bits per heavy atom. The first-order valence-corrected chi connectivity index (χ1v) is 7.24. The van der Waals surface area contributed by atoms with Gasteiger partial charge in [-0.05, 0) is 5.92 Å². The molecule has 0 aromatic carbocycles. The van der Waals surface area contributed by atoms with E-state index in [1.54, 1.807) is 13.8 Å². The number of rotatable bonds is 5. The van der Waals surface area contributed by atoms with E-state index >= 15 is 0 Å². The minimum Gasteiger partial charge on any atom is -0.481 e. The van der Waals surface area contributed by atoms with Gasteiger partial charge in [0, 0.05) is 13.1 Å². The summed E-state index contributed by atoms with van der Waals surface area (Å²) in [5.74, 6) is -2.46. The Kier molecular flexibility index (Phi) is 4.91. The Bertz CT molecular complexity index is 359. The van der Waals surface area contributed by atoms with E-state index in [1.807, 2.05) is 0 Å². The van der Waals surface area contributed by atoms with E-state index in [9.17, 15) is 13.2 Å². The van der Waals surface area contributed by atoms with Gasteiger partial charge < -0.3 is 9.84 Å². The molecule has 1 rings (SSSR count). The predicted octanol–water partition coefficient (Wildman–Crippen LogP) is 0.00520. The van der Waals surface area contributed by atoms with Crippen molar-refractivity contribution >= 4 is 16.0 Å². The van der Waals surface area contributed by atoms with Crippen molar-refractivity contribution in [1.82, 2.24) is 4.31 Å². The Balaban J connectivity index is 2.73. The largest absolute Gasteiger partial charge is 0.481 e. The van der Waals surface area contributed by atoms with Crippen LogP contribution < -0.4 is 0 Å². The number of hydrogen-bond acceptors (Lipinski definition) is 4. The van der Waals surface area contributed by atoms with Gasteiger partial charge in [-0.2, -0.15) is 4.31 Å².